The van der Waals surface area contributed by atoms with Crippen molar-refractivity contribution in [3.8, 4) is 23.0 Å². The molecule has 2 aliphatic rings. The summed E-state index contributed by atoms with van der Waals surface area (Å²) < 4.78 is 22.1. The molecule has 0 saturated carbocycles. The van der Waals surface area contributed by atoms with Crippen LogP contribution in [0.15, 0.2) is 60.7 Å². The minimum atomic E-state index is -0.516. The van der Waals surface area contributed by atoms with Crippen molar-refractivity contribution in [1.29, 1.82) is 0 Å². The lowest BCUT2D eigenvalue weighted by Gasteiger charge is -2.38. The summed E-state index contributed by atoms with van der Waals surface area (Å²) in [7, 11) is 3.18. The molecule has 0 bridgehead atoms. The quantitative estimate of drug-likeness (QED) is 0.703. The number of nitrogens with one attached hydrogen (secondary N) is 1. The monoisotopic (exact) mass is 404 g/mol. The van der Waals surface area contributed by atoms with Gasteiger partial charge in [-0.3, -0.25) is 9.69 Å². The van der Waals surface area contributed by atoms with Gasteiger partial charge >= 0.3 is 0 Å². The molecule has 7 nitrogen and oxygen atoms in total. The van der Waals surface area contributed by atoms with Crippen LogP contribution in [0.5, 0.6) is 23.0 Å². The molecule has 3 aromatic carbocycles. The van der Waals surface area contributed by atoms with E-state index in [1.807, 2.05) is 60.7 Å². The van der Waals surface area contributed by atoms with Gasteiger partial charge in [0.25, 0.3) is 5.91 Å². The fraction of sp³-hybridized carbons (Fsp3) is 0.174. The number of anilines is 2. The number of nitrogens with zero attached hydrogens (tertiary/aromatic N) is 1. The summed E-state index contributed by atoms with van der Waals surface area (Å²) in [4.78, 5) is 15.3. The van der Waals surface area contributed by atoms with E-state index in [1.54, 1.807) is 19.1 Å². The molecule has 0 fully saturated rings. The van der Waals surface area contributed by atoms with Crippen molar-refractivity contribution in [1.82, 2.24) is 0 Å². The number of amides is 1. The molecule has 1 amide bonds. The Labute approximate surface area is 173 Å². The molecule has 0 unspecified atom stereocenters. The van der Waals surface area contributed by atoms with Crippen LogP contribution >= 0.6 is 0 Å². The summed E-state index contributed by atoms with van der Waals surface area (Å²) in [6.45, 7) is 0.168. The molecule has 0 spiro atoms. The highest BCUT2D eigenvalue weighted by Gasteiger charge is 2.36. The van der Waals surface area contributed by atoms with Gasteiger partial charge in [-0.1, -0.05) is 24.3 Å². The zero-order valence-electron chi connectivity index (χ0n) is 16.5. The number of ether oxygens (including phenoxy) is 4. The van der Waals surface area contributed by atoms with Crippen molar-refractivity contribution >= 4 is 17.3 Å². The molecule has 1 atom stereocenters. The highest BCUT2D eigenvalue weighted by Crippen LogP contribution is 2.44. The number of para-hydroxylation sites is 2. The third kappa shape index (κ3) is 2.78. The summed E-state index contributed by atoms with van der Waals surface area (Å²) in [6, 6.07) is 18.5. The molecular formula is C23H20N2O5. The lowest BCUT2D eigenvalue weighted by atomic mass is 10.0. The number of carbonyl (C=O) groups is 1. The van der Waals surface area contributed by atoms with Crippen molar-refractivity contribution in [2.24, 2.45) is 0 Å². The fourth-order valence-corrected chi connectivity index (χ4v) is 3.90. The third-order valence-corrected chi connectivity index (χ3v) is 5.29. The number of hydrogen-bond acceptors (Lipinski definition) is 6. The van der Waals surface area contributed by atoms with Gasteiger partial charge in [0.15, 0.2) is 23.0 Å². The van der Waals surface area contributed by atoms with Crippen molar-refractivity contribution < 1.29 is 23.7 Å². The third-order valence-electron chi connectivity index (χ3n) is 5.29. The smallest absolute Gasteiger partial charge is 0.262 e. The van der Waals surface area contributed by atoms with Crippen LogP contribution < -0.4 is 29.2 Å². The molecule has 2 heterocycles. The molecule has 0 saturated heterocycles. The predicted molar refractivity (Wildman–Crippen MR) is 112 cm³/mol. The number of carbonyl (C=O) groups excluding carboxylic acids is 1. The lowest BCUT2D eigenvalue weighted by molar-refractivity contribution is 0.0974. The van der Waals surface area contributed by atoms with Crippen molar-refractivity contribution in [3.63, 3.8) is 0 Å². The van der Waals surface area contributed by atoms with Crippen molar-refractivity contribution in [2.45, 2.75) is 6.17 Å². The zero-order chi connectivity index (χ0) is 20.7. The van der Waals surface area contributed by atoms with E-state index in [9.17, 15) is 4.79 Å². The van der Waals surface area contributed by atoms with Crippen LogP contribution in [0.1, 0.15) is 22.1 Å². The van der Waals surface area contributed by atoms with Crippen LogP contribution in [0, 0.1) is 0 Å². The first-order valence-electron chi connectivity index (χ1n) is 9.51. The van der Waals surface area contributed by atoms with Gasteiger partial charge in [-0.2, -0.15) is 0 Å². The Morgan fingerprint density at radius 2 is 1.80 bits per heavy atom. The highest BCUT2D eigenvalue weighted by molar-refractivity contribution is 6.12. The van der Waals surface area contributed by atoms with Crippen LogP contribution in [0.25, 0.3) is 0 Å². The topological polar surface area (TPSA) is 69.3 Å². The summed E-state index contributed by atoms with van der Waals surface area (Å²) in [5.74, 6) is 2.30. The molecule has 30 heavy (non-hydrogen) atoms. The standard InChI is InChI=1S/C23H20N2O5/c1-27-19-9-5-7-16(21(19)28-2)22-24-17-8-4-3-6-15(17)23(26)25(22)14-10-11-18-20(12-14)30-13-29-18/h3-12,22,24H,13H2,1-2H3/t22-/m0/s1. The van der Waals surface area contributed by atoms with E-state index >= 15 is 0 Å². The van der Waals surface area contributed by atoms with E-state index in [-0.39, 0.29) is 12.7 Å². The zero-order valence-corrected chi connectivity index (χ0v) is 16.5. The van der Waals surface area contributed by atoms with Gasteiger partial charge in [-0.05, 0) is 30.3 Å². The van der Waals surface area contributed by atoms with Gasteiger partial charge in [0.05, 0.1) is 25.5 Å². The Hall–Kier alpha value is -3.87. The Morgan fingerprint density at radius 1 is 0.967 bits per heavy atom. The van der Waals surface area contributed by atoms with E-state index in [2.05, 4.69) is 5.32 Å². The predicted octanol–water partition coefficient (Wildman–Crippen LogP) is 4.20. The molecule has 1 N–H and O–H groups in total. The SMILES string of the molecule is COc1cccc([C@H]2Nc3ccccc3C(=O)N2c2ccc3c(c2)OCO3)c1OC. The number of fused-ring (bicyclic) bond motifs is 2. The van der Waals surface area contributed by atoms with Crippen molar-refractivity contribution in [3.05, 3.63) is 71.8 Å². The number of rotatable bonds is 4. The Balaban J connectivity index is 1.69. The van der Waals surface area contributed by atoms with Gasteiger partial charge in [0, 0.05) is 17.3 Å². The van der Waals surface area contributed by atoms with E-state index < -0.39 is 6.17 Å². The Bertz CT molecular complexity index is 1130. The summed E-state index contributed by atoms with van der Waals surface area (Å²) in [6.07, 6.45) is -0.516. The first-order chi connectivity index (χ1) is 14.7. The van der Waals surface area contributed by atoms with Gasteiger partial charge in [-0.25, -0.2) is 0 Å². The number of methoxy groups -OCH3 is 2. The molecule has 2 aliphatic heterocycles. The molecule has 3 aromatic rings. The second kappa shape index (κ2) is 7.18. The first-order valence-corrected chi connectivity index (χ1v) is 9.51. The van der Waals surface area contributed by atoms with E-state index in [0.717, 1.165) is 11.3 Å². The average Bonchev–Trinajstić information content (AvgIpc) is 3.26. The normalized spacial score (nSPS) is 16.7. The van der Waals surface area contributed by atoms with Crippen molar-refractivity contribution in [2.75, 3.05) is 31.2 Å². The summed E-state index contributed by atoms with van der Waals surface area (Å²) in [5.41, 5.74) is 2.81. The molecule has 7 heteroatoms. The molecule has 5 rings (SSSR count). The van der Waals surface area contributed by atoms with Crippen LogP contribution in [-0.4, -0.2) is 26.9 Å². The molecule has 0 aromatic heterocycles. The van der Waals surface area contributed by atoms with E-state index in [1.165, 1.54) is 0 Å². The fourth-order valence-electron chi connectivity index (χ4n) is 3.90. The Morgan fingerprint density at radius 3 is 2.63 bits per heavy atom. The van der Waals surface area contributed by atoms with Crippen LogP contribution in [0.4, 0.5) is 11.4 Å². The minimum absolute atomic E-state index is 0.127. The maximum absolute atomic E-state index is 13.6. The van der Waals surface area contributed by atoms with Crippen LogP contribution in [0.2, 0.25) is 0 Å². The maximum Gasteiger partial charge on any atom is 0.262 e. The summed E-state index contributed by atoms with van der Waals surface area (Å²) >= 11 is 0. The van der Waals surface area contributed by atoms with E-state index in [4.69, 9.17) is 18.9 Å². The van der Waals surface area contributed by atoms with E-state index in [0.29, 0.717) is 34.2 Å². The number of benzene rings is 3. The summed E-state index contributed by atoms with van der Waals surface area (Å²) in [5, 5.41) is 3.48. The van der Waals surface area contributed by atoms with Gasteiger partial charge in [-0.15, -0.1) is 0 Å². The number of hydrogen-bond donors (Lipinski definition) is 1. The second-order valence-corrected chi connectivity index (χ2v) is 6.89. The molecule has 152 valence electrons. The van der Waals surface area contributed by atoms with Gasteiger partial charge < -0.3 is 24.3 Å². The molecule has 0 aliphatic carbocycles. The Kier molecular flexibility index (Phi) is 4.35. The lowest BCUT2D eigenvalue weighted by Crippen LogP contribution is -2.43. The van der Waals surface area contributed by atoms with Gasteiger partial charge in [0.1, 0.15) is 6.17 Å². The largest absolute Gasteiger partial charge is 0.493 e. The van der Waals surface area contributed by atoms with Crippen LogP contribution in [-0.2, 0) is 0 Å². The second-order valence-electron chi connectivity index (χ2n) is 6.89. The highest BCUT2D eigenvalue weighted by atomic mass is 16.7. The average molecular weight is 404 g/mol. The first kappa shape index (κ1) is 18.2. The maximum atomic E-state index is 13.6. The van der Waals surface area contributed by atoms with Gasteiger partial charge in [0.2, 0.25) is 6.79 Å². The molecule has 0 radical (unpaired) electrons. The molecular weight excluding hydrogens is 384 g/mol. The van der Waals surface area contributed by atoms with Crippen LogP contribution in [0.3, 0.4) is 0 Å². The minimum Gasteiger partial charge on any atom is -0.493 e.